The van der Waals surface area contributed by atoms with Gasteiger partial charge in [0.25, 0.3) is 5.91 Å². The monoisotopic (exact) mass is 400 g/mol. The van der Waals surface area contributed by atoms with Crippen molar-refractivity contribution in [2.45, 2.75) is 87.3 Å². The van der Waals surface area contributed by atoms with Crippen LogP contribution in [0.25, 0.3) is 0 Å². The molecule has 0 spiro atoms. The maximum atomic E-state index is 14.6. The van der Waals surface area contributed by atoms with E-state index in [0.717, 1.165) is 4.90 Å². The van der Waals surface area contributed by atoms with Gasteiger partial charge in [0.15, 0.2) is 5.67 Å². The highest BCUT2D eigenvalue weighted by Crippen LogP contribution is 2.56. The minimum absolute atomic E-state index is 0.0879. The zero-order chi connectivity index (χ0) is 20.3. The van der Waals surface area contributed by atoms with E-state index in [9.17, 15) is 33.4 Å². The van der Waals surface area contributed by atoms with E-state index < -0.39 is 52.7 Å². The lowest BCUT2D eigenvalue weighted by Crippen LogP contribution is -2.63. The molecule has 9 heteroatoms. The van der Waals surface area contributed by atoms with Crippen molar-refractivity contribution in [3.8, 4) is 0 Å². The fourth-order valence-electron chi connectivity index (χ4n) is 5.13. The maximum absolute atomic E-state index is 14.6. The van der Waals surface area contributed by atoms with Crippen molar-refractivity contribution in [2.75, 3.05) is 6.54 Å². The van der Waals surface area contributed by atoms with Gasteiger partial charge in [-0.25, -0.2) is 13.6 Å². The number of halogens is 2. The van der Waals surface area contributed by atoms with Crippen LogP contribution in [-0.4, -0.2) is 69.0 Å². The Labute approximate surface area is 161 Å². The predicted octanol–water partition coefficient (Wildman–Crippen LogP) is 1.08. The average Bonchev–Trinajstić information content (AvgIpc) is 3.29. The second-order valence-corrected chi connectivity index (χ2v) is 9.12. The lowest BCUT2D eigenvalue weighted by molar-refractivity contribution is -0.154. The summed E-state index contributed by atoms with van der Waals surface area (Å²) in [4.78, 5) is 38.4. The lowest BCUT2D eigenvalue weighted by atomic mass is 9.56. The van der Waals surface area contributed by atoms with Gasteiger partial charge >= 0.3 is 5.97 Å². The summed E-state index contributed by atoms with van der Waals surface area (Å²) < 4.78 is 28.9. The first kappa shape index (κ1) is 19.5. The number of likely N-dealkylation sites (tertiary alicyclic amines) is 1. The smallest absolute Gasteiger partial charge is 0.326 e. The predicted molar refractivity (Wildman–Crippen MR) is 92.7 cm³/mol. The van der Waals surface area contributed by atoms with Gasteiger partial charge in [-0.3, -0.25) is 9.59 Å². The van der Waals surface area contributed by atoms with E-state index >= 15 is 0 Å². The number of fused-ring (bicyclic) bond motifs is 3. The molecule has 3 N–H and O–H groups in total. The Bertz CT molecular complexity index is 686. The summed E-state index contributed by atoms with van der Waals surface area (Å²) in [6.45, 7) is -0.147. The Morgan fingerprint density at radius 1 is 1.00 bits per heavy atom. The molecule has 5 aliphatic rings. The Morgan fingerprint density at radius 2 is 1.57 bits per heavy atom. The van der Waals surface area contributed by atoms with Gasteiger partial charge in [-0.2, -0.15) is 0 Å². The molecule has 156 valence electrons. The van der Waals surface area contributed by atoms with E-state index in [1.807, 2.05) is 0 Å². The molecule has 0 aromatic heterocycles. The van der Waals surface area contributed by atoms with Crippen molar-refractivity contribution in [2.24, 2.45) is 5.41 Å². The van der Waals surface area contributed by atoms with Gasteiger partial charge in [0.05, 0.1) is 6.10 Å². The molecule has 28 heavy (non-hydrogen) atoms. The van der Waals surface area contributed by atoms with Gasteiger partial charge in [0, 0.05) is 13.0 Å². The van der Waals surface area contributed by atoms with E-state index in [0.29, 0.717) is 19.3 Å². The number of aliphatic hydroxyl groups excluding tert-OH is 1. The van der Waals surface area contributed by atoms with Gasteiger partial charge in [-0.1, -0.05) is 0 Å². The van der Waals surface area contributed by atoms with Gasteiger partial charge in [0.2, 0.25) is 5.91 Å². The first-order valence-electron chi connectivity index (χ1n) is 9.98. The van der Waals surface area contributed by atoms with Crippen LogP contribution in [0.3, 0.4) is 0 Å². The molecular formula is C19H26F2N2O5. The number of carboxylic acid groups (broad SMARTS) is 1. The molecular weight excluding hydrogens is 374 g/mol. The number of amides is 2. The number of aliphatic hydroxyl groups is 1. The molecule has 1 heterocycles. The minimum Gasteiger partial charge on any atom is -0.480 e. The summed E-state index contributed by atoms with van der Waals surface area (Å²) in [5, 5.41) is 21.9. The molecule has 2 bridgehead atoms. The molecule has 2 amide bonds. The Kier molecular flexibility index (Phi) is 4.44. The summed E-state index contributed by atoms with van der Waals surface area (Å²) in [5.74, 6) is -2.70. The average molecular weight is 400 g/mol. The third-order valence-corrected chi connectivity index (χ3v) is 7.29. The molecule has 0 aromatic rings. The van der Waals surface area contributed by atoms with Crippen LogP contribution in [0, 0.1) is 5.41 Å². The van der Waals surface area contributed by atoms with Crippen molar-refractivity contribution in [3.63, 3.8) is 0 Å². The number of carbonyl (C=O) groups is 3. The van der Waals surface area contributed by atoms with Gasteiger partial charge in [-0.15, -0.1) is 0 Å². The molecule has 1 aliphatic heterocycles. The molecule has 5 fully saturated rings. The topological polar surface area (TPSA) is 107 Å². The van der Waals surface area contributed by atoms with Crippen LogP contribution in [0.15, 0.2) is 0 Å². The number of β-amino-alcohol motifs (C(OH)–C–C–N with tert-alkyl or cyclic N) is 1. The maximum Gasteiger partial charge on any atom is 0.326 e. The third kappa shape index (κ3) is 3.17. The van der Waals surface area contributed by atoms with Crippen molar-refractivity contribution in [1.82, 2.24) is 10.2 Å². The zero-order valence-corrected chi connectivity index (χ0v) is 15.6. The van der Waals surface area contributed by atoms with Crippen LogP contribution in [0.1, 0.15) is 57.8 Å². The fraction of sp³-hybridized carbons (Fsp3) is 0.842. The Morgan fingerprint density at radius 3 is 2.07 bits per heavy atom. The summed E-state index contributed by atoms with van der Waals surface area (Å²) in [7, 11) is 0. The molecule has 5 rings (SSSR count). The fourth-order valence-corrected chi connectivity index (χ4v) is 5.13. The summed E-state index contributed by atoms with van der Waals surface area (Å²) in [5.41, 5.74) is -3.92. The molecule has 1 unspecified atom stereocenters. The van der Waals surface area contributed by atoms with Crippen LogP contribution in [-0.2, 0) is 14.4 Å². The number of alkyl halides is 2. The third-order valence-electron chi connectivity index (χ3n) is 7.29. The van der Waals surface area contributed by atoms with Crippen molar-refractivity contribution < 1.29 is 33.4 Å². The molecule has 0 aromatic carbocycles. The number of hydrogen-bond acceptors (Lipinski definition) is 4. The molecule has 4 aliphatic carbocycles. The number of rotatable bonds is 5. The highest BCUT2D eigenvalue weighted by molar-refractivity contribution is 5.95. The van der Waals surface area contributed by atoms with E-state index in [1.54, 1.807) is 0 Å². The standard InChI is InChI=1S/C19H26F2N2O5/c20-18-4-1-17(2-5-18,3-6-18)13(22-16(28)19(21)7-8-19)14(25)23-10-11(24)9-12(23)15(26)27/h11-13,24H,1-10H2,(H,22,28)(H,26,27)/t11-,12+,13?,17?,18?/m1/s1. The van der Waals surface area contributed by atoms with Crippen molar-refractivity contribution >= 4 is 17.8 Å². The largest absolute Gasteiger partial charge is 0.480 e. The quantitative estimate of drug-likeness (QED) is 0.640. The zero-order valence-electron chi connectivity index (χ0n) is 15.6. The highest BCUT2D eigenvalue weighted by Gasteiger charge is 2.59. The molecule has 4 saturated carbocycles. The summed E-state index contributed by atoms with van der Waals surface area (Å²) >= 11 is 0. The molecule has 1 saturated heterocycles. The van der Waals surface area contributed by atoms with E-state index in [-0.39, 0.29) is 45.1 Å². The second kappa shape index (κ2) is 6.37. The first-order valence-corrected chi connectivity index (χ1v) is 9.98. The number of carbonyl (C=O) groups excluding carboxylic acids is 2. The molecule has 3 atom stereocenters. The SMILES string of the molecule is O=C(O)[C@@H]1C[C@@H](O)CN1C(=O)C(NC(=O)C1(F)CC1)C12CCC(F)(CC1)CC2. The summed E-state index contributed by atoms with van der Waals surface area (Å²) in [6.07, 6.45) is 1.12. The molecule has 7 nitrogen and oxygen atoms in total. The number of hydrogen-bond donors (Lipinski definition) is 3. The number of aliphatic carboxylic acids is 1. The second-order valence-electron chi connectivity index (χ2n) is 9.12. The Hall–Kier alpha value is -1.77. The van der Waals surface area contributed by atoms with Gasteiger partial charge < -0.3 is 20.4 Å². The van der Waals surface area contributed by atoms with Gasteiger partial charge in [0.1, 0.15) is 17.8 Å². The Balaban J connectivity index is 1.62. The number of carboxylic acids is 1. The van der Waals surface area contributed by atoms with Crippen molar-refractivity contribution in [3.05, 3.63) is 0 Å². The van der Waals surface area contributed by atoms with Crippen LogP contribution >= 0.6 is 0 Å². The van der Waals surface area contributed by atoms with Crippen LogP contribution in [0.5, 0.6) is 0 Å². The van der Waals surface area contributed by atoms with Crippen LogP contribution < -0.4 is 5.32 Å². The van der Waals surface area contributed by atoms with Crippen LogP contribution in [0.2, 0.25) is 0 Å². The first-order chi connectivity index (χ1) is 13.1. The van der Waals surface area contributed by atoms with Crippen LogP contribution in [0.4, 0.5) is 8.78 Å². The minimum atomic E-state index is -1.97. The number of nitrogens with zero attached hydrogens (tertiary/aromatic N) is 1. The summed E-state index contributed by atoms with van der Waals surface area (Å²) in [6, 6.07) is -2.30. The molecule has 0 radical (unpaired) electrons. The van der Waals surface area contributed by atoms with E-state index in [4.69, 9.17) is 0 Å². The lowest BCUT2D eigenvalue weighted by Gasteiger charge is -2.53. The normalized spacial score (nSPS) is 39.5. The van der Waals surface area contributed by atoms with Crippen molar-refractivity contribution in [1.29, 1.82) is 0 Å². The van der Waals surface area contributed by atoms with Gasteiger partial charge in [-0.05, 0) is 56.8 Å². The van der Waals surface area contributed by atoms with E-state index in [1.165, 1.54) is 0 Å². The number of nitrogens with one attached hydrogen (secondary N) is 1. The van der Waals surface area contributed by atoms with E-state index in [2.05, 4.69) is 5.32 Å². The highest BCUT2D eigenvalue weighted by atomic mass is 19.1.